The molecule has 4 fully saturated rings. The van der Waals surface area contributed by atoms with Crippen LogP contribution in [0, 0.1) is 17.3 Å². The van der Waals surface area contributed by atoms with Crippen LogP contribution in [-0.2, 0) is 36.1 Å². The summed E-state index contributed by atoms with van der Waals surface area (Å²) in [6.07, 6.45) is 7.23. The van der Waals surface area contributed by atoms with Crippen molar-refractivity contribution in [2.45, 2.75) is 102 Å². The summed E-state index contributed by atoms with van der Waals surface area (Å²) in [5.74, 6) is -1.48. The smallest absolute Gasteiger partial charge is 0.339 e. The number of esters is 1. The third-order valence-corrected chi connectivity index (χ3v) is 13.9. The largest absolute Gasteiger partial charge is 0.456 e. The Morgan fingerprint density at radius 1 is 0.823 bits per heavy atom. The van der Waals surface area contributed by atoms with Crippen LogP contribution in [0.5, 0.6) is 0 Å². The molecule has 3 N–H and O–H groups in total. The van der Waals surface area contributed by atoms with Crippen LogP contribution in [0.3, 0.4) is 0 Å². The molecule has 4 aromatic rings. The minimum atomic E-state index is -1.34. The molecule has 2 saturated carbocycles. The second-order valence-corrected chi connectivity index (χ2v) is 18.4. The normalized spacial score (nSPS) is 28.6. The fourth-order valence-corrected chi connectivity index (χ4v) is 10.4. The second-order valence-electron chi connectivity index (χ2n) is 18.4. The first kappa shape index (κ1) is 41.9. The minimum Gasteiger partial charge on any atom is -0.456 e. The SMILES string of the molecule is CC1(C)C[C@@H]2C(=Cc3ccccc3C(=O)O[C@@H]3CC(C(=O)NCc4cccc(C(=O)NCCO)c4)=C[C@H]4OC(c5ccccc5)(c5ccccc5)O[C@H]43)CCC3O[C@]3(C)CC[C@H]21. The highest BCUT2D eigenvalue weighted by Gasteiger charge is 2.57. The van der Waals surface area contributed by atoms with Gasteiger partial charge in [-0.3, -0.25) is 9.59 Å². The highest BCUT2D eigenvalue weighted by Crippen LogP contribution is 2.60. The van der Waals surface area contributed by atoms with Crippen LogP contribution >= 0.6 is 0 Å². The fraction of sp³-hybridized carbons (Fsp3) is 0.404. The van der Waals surface area contributed by atoms with Gasteiger partial charge in [0.05, 0.1) is 23.9 Å². The quantitative estimate of drug-likeness (QED) is 0.102. The lowest BCUT2D eigenvalue weighted by atomic mass is 9.52. The lowest BCUT2D eigenvalue weighted by molar-refractivity contribution is -0.157. The molecular formula is C52H56N2O8. The average Bonchev–Trinajstić information content (AvgIpc) is 3.74. The van der Waals surface area contributed by atoms with Gasteiger partial charge in [-0.25, -0.2) is 4.79 Å². The van der Waals surface area contributed by atoms with Crippen molar-refractivity contribution in [1.29, 1.82) is 0 Å². The predicted octanol–water partition coefficient (Wildman–Crippen LogP) is 8.04. The molecule has 10 heteroatoms. The topological polar surface area (TPSA) is 136 Å². The summed E-state index contributed by atoms with van der Waals surface area (Å²) in [4.78, 5) is 41.3. The number of fused-ring (bicyclic) bond motifs is 3. The fourth-order valence-electron chi connectivity index (χ4n) is 10.4. The van der Waals surface area contributed by atoms with Crippen molar-refractivity contribution in [3.63, 3.8) is 0 Å². The molecule has 0 radical (unpaired) electrons. The molecule has 2 saturated heterocycles. The summed E-state index contributed by atoms with van der Waals surface area (Å²) >= 11 is 0. The zero-order valence-electron chi connectivity index (χ0n) is 35.7. The number of aliphatic hydroxyl groups is 1. The number of rotatable bonds is 11. The highest BCUT2D eigenvalue weighted by molar-refractivity contribution is 5.96. The lowest BCUT2D eigenvalue weighted by Gasteiger charge is -2.53. The Morgan fingerprint density at radius 3 is 2.27 bits per heavy atom. The first-order chi connectivity index (χ1) is 30.0. The highest BCUT2D eigenvalue weighted by atomic mass is 16.8. The molecular weight excluding hydrogens is 781 g/mol. The van der Waals surface area contributed by atoms with Gasteiger partial charge in [0, 0.05) is 41.8 Å². The number of carbonyl (C=O) groups is 3. The molecule has 0 aromatic heterocycles. The van der Waals surface area contributed by atoms with Crippen LogP contribution in [0.25, 0.3) is 6.08 Å². The number of hydrogen-bond acceptors (Lipinski definition) is 8. The number of carbonyl (C=O) groups excluding carboxylic acids is 3. The number of amides is 2. The molecule has 0 bridgehead atoms. The summed E-state index contributed by atoms with van der Waals surface area (Å²) in [6, 6.07) is 34.0. The average molecular weight is 837 g/mol. The maximum atomic E-state index is 14.6. The summed E-state index contributed by atoms with van der Waals surface area (Å²) < 4.78 is 26.7. The molecule has 2 aliphatic heterocycles. The van der Waals surface area contributed by atoms with Gasteiger partial charge in [0.15, 0.2) is 0 Å². The van der Waals surface area contributed by atoms with Crippen LogP contribution in [0.2, 0.25) is 0 Å². The second kappa shape index (κ2) is 17.1. The van der Waals surface area contributed by atoms with Gasteiger partial charge in [-0.2, -0.15) is 0 Å². The Balaban J connectivity index is 1.01. The van der Waals surface area contributed by atoms with Crippen molar-refractivity contribution in [2.75, 3.05) is 13.2 Å². The zero-order chi connectivity index (χ0) is 43.1. The van der Waals surface area contributed by atoms with Gasteiger partial charge in [-0.15, -0.1) is 0 Å². The number of allylic oxidation sites excluding steroid dienone is 1. The van der Waals surface area contributed by atoms with E-state index in [9.17, 15) is 14.4 Å². The van der Waals surface area contributed by atoms with E-state index in [1.165, 1.54) is 5.57 Å². The third kappa shape index (κ3) is 8.29. The van der Waals surface area contributed by atoms with Gasteiger partial charge in [0.1, 0.15) is 18.3 Å². The monoisotopic (exact) mass is 836 g/mol. The van der Waals surface area contributed by atoms with E-state index in [1.54, 1.807) is 24.3 Å². The van der Waals surface area contributed by atoms with E-state index in [-0.39, 0.29) is 55.1 Å². The van der Waals surface area contributed by atoms with Crippen molar-refractivity contribution in [3.05, 3.63) is 160 Å². The first-order valence-corrected chi connectivity index (χ1v) is 22.1. The molecule has 4 aromatic carbocycles. The van der Waals surface area contributed by atoms with Gasteiger partial charge < -0.3 is 34.7 Å². The number of benzene rings is 4. The summed E-state index contributed by atoms with van der Waals surface area (Å²) in [5.41, 5.74) is 5.96. The summed E-state index contributed by atoms with van der Waals surface area (Å²) in [6.45, 7) is 7.13. The molecule has 1 unspecified atom stereocenters. The molecule has 5 aliphatic rings. The Bertz CT molecular complexity index is 2340. The van der Waals surface area contributed by atoms with E-state index < -0.39 is 30.1 Å². The van der Waals surface area contributed by atoms with Crippen LogP contribution in [0.4, 0.5) is 0 Å². The van der Waals surface area contributed by atoms with E-state index in [1.807, 2.05) is 91.0 Å². The molecule has 10 nitrogen and oxygen atoms in total. The van der Waals surface area contributed by atoms with Gasteiger partial charge in [-0.05, 0) is 91.7 Å². The maximum Gasteiger partial charge on any atom is 0.339 e. The lowest BCUT2D eigenvalue weighted by Crippen LogP contribution is -2.45. The number of nitrogens with one attached hydrogen (secondary N) is 2. The van der Waals surface area contributed by atoms with Gasteiger partial charge in [0.2, 0.25) is 11.7 Å². The van der Waals surface area contributed by atoms with E-state index in [0.717, 1.165) is 54.4 Å². The van der Waals surface area contributed by atoms with Gasteiger partial charge in [-0.1, -0.05) is 116 Å². The standard InChI is InChI=1S/C52H56N2O8/c1-50(2)31-41-35(21-22-45-51(3,61-45)24-23-42(41)50)28-34-14-10-11-20-40(34)49(58)59-43-29-37(48(57)54-32-33-13-12-15-36(27-33)47(56)53-25-26-55)30-44-46(43)62-52(60-44,38-16-6-4-7-17-38)39-18-8-5-9-19-39/h4-20,27-28,30,41-46,55H,21-26,29,31-32H2,1-3H3,(H,53,56)(H,54,57)/t41-,42-,43-,44-,45?,46+,51-/m1/s1. The van der Waals surface area contributed by atoms with Crippen LogP contribution < -0.4 is 10.6 Å². The Morgan fingerprint density at radius 2 is 1.55 bits per heavy atom. The summed E-state index contributed by atoms with van der Waals surface area (Å²) in [7, 11) is 0. The number of aliphatic hydroxyl groups excluding tert-OH is 1. The number of epoxide rings is 1. The third-order valence-electron chi connectivity index (χ3n) is 13.9. The number of ether oxygens (including phenoxy) is 4. The van der Waals surface area contributed by atoms with E-state index in [4.69, 9.17) is 24.1 Å². The Hall–Kier alpha value is -5.39. The Kier molecular flexibility index (Phi) is 11.5. The van der Waals surface area contributed by atoms with Crippen molar-refractivity contribution in [3.8, 4) is 0 Å². The zero-order valence-corrected chi connectivity index (χ0v) is 35.7. The van der Waals surface area contributed by atoms with Crippen molar-refractivity contribution in [1.82, 2.24) is 10.6 Å². The molecule has 0 spiro atoms. The van der Waals surface area contributed by atoms with Crippen molar-refractivity contribution >= 4 is 23.9 Å². The van der Waals surface area contributed by atoms with Crippen LogP contribution in [0.1, 0.15) is 102 Å². The van der Waals surface area contributed by atoms with Gasteiger partial charge in [0.25, 0.3) is 5.91 Å². The maximum absolute atomic E-state index is 14.6. The molecule has 322 valence electrons. The van der Waals surface area contributed by atoms with E-state index >= 15 is 0 Å². The van der Waals surface area contributed by atoms with Crippen LogP contribution in [-0.4, -0.2) is 66.1 Å². The minimum absolute atomic E-state index is 0.0236. The van der Waals surface area contributed by atoms with E-state index in [2.05, 4.69) is 37.5 Å². The van der Waals surface area contributed by atoms with Gasteiger partial charge >= 0.3 is 5.97 Å². The molecule has 3 aliphatic carbocycles. The number of hydrogen-bond donors (Lipinski definition) is 3. The first-order valence-electron chi connectivity index (χ1n) is 22.1. The van der Waals surface area contributed by atoms with Crippen LogP contribution in [0.15, 0.2) is 126 Å². The van der Waals surface area contributed by atoms with Crippen molar-refractivity contribution in [2.24, 2.45) is 17.3 Å². The molecule has 2 amide bonds. The predicted molar refractivity (Wildman–Crippen MR) is 235 cm³/mol. The Labute approximate surface area is 363 Å². The van der Waals surface area contributed by atoms with Crippen molar-refractivity contribution < 1.29 is 38.4 Å². The van der Waals surface area contributed by atoms with E-state index in [0.29, 0.717) is 28.5 Å². The molecule has 9 rings (SSSR count). The molecule has 7 atom stereocenters. The summed E-state index contributed by atoms with van der Waals surface area (Å²) in [5, 5.41) is 14.8. The molecule has 2 heterocycles. The molecule has 62 heavy (non-hydrogen) atoms.